The van der Waals surface area contributed by atoms with Crippen LogP contribution in [0, 0.1) is 6.92 Å². The Bertz CT molecular complexity index is 589. The van der Waals surface area contributed by atoms with Crippen molar-refractivity contribution in [1.82, 2.24) is 4.90 Å². The van der Waals surface area contributed by atoms with E-state index in [2.05, 4.69) is 5.32 Å². The SMILES string of the molecule is Cc1cc(OC(C)C)ccc1NC(=O)N1CCOC(C(N)=O)C1. The third-order valence-electron chi connectivity index (χ3n) is 3.48. The van der Waals surface area contributed by atoms with Gasteiger partial charge in [-0.25, -0.2) is 4.79 Å². The number of benzene rings is 1. The summed E-state index contributed by atoms with van der Waals surface area (Å²) in [6.07, 6.45) is -0.661. The van der Waals surface area contributed by atoms with E-state index in [1.54, 1.807) is 6.07 Å². The van der Waals surface area contributed by atoms with Crippen molar-refractivity contribution in [3.8, 4) is 5.75 Å². The highest BCUT2D eigenvalue weighted by Crippen LogP contribution is 2.22. The molecule has 1 aliphatic rings. The van der Waals surface area contributed by atoms with Crippen LogP contribution >= 0.6 is 0 Å². The van der Waals surface area contributed by atoms with Gasteiger partial charge in [-0.2, -0.15) is 0 Å². The molecule has 7 heteroatoms. The second kappa shape index (κ2) is 7.32. The van der Waals surface area contributed by atoms with Gasteiger partial charge in [0.2, 0.25) is 5.91 Å². The number of urea groups is 1. The largest absolute Gasteiger partial charge is 0.491 e. The fraction of sp³-hybridized carbons (Fsp3) is 0.500. The van der Waals surface area contributed by atoms with Gasteiger partial charge in [-0.15, -0.1) is 0 Å². The molecule has 0 aromatic heterocycles. The average Bonchev–Trinajstić information content (AvgIpc) is 2.49. The summed E-state index contributed by atoms with van der Waals surface area (Å²) in [6.45, 7) is 6.69. The molecule has 0 saturated carbocycles. The van der Waals surface area contributed by atoms with Crippen LogP contribution in [0.3, 0.4) is 0 Å². The van der Waals surface area contributed by atoms with Crippen LogP contribution in [0.1, 0.15) is 19.4 Å². The van der Waals surface area contributed by atoms with Crippen molar-refractivity contribution in [3.05, 3.63) is 23.8 Å². The summed E-state index contributed by atoms with van der Waals surface area (Å²) in [5, 5.41) is 2.84. The fourth-order valence-electron chi connectivity index (χ4n) is 2.32. The Morgan fingerprint density at radius 1 is 1.43 bits per heavy atom. The first-order valence-corrected chi connectivity index (χ1v) is 7.61. The van der Waals surface area contributed by atoms with E-state index in [1.165, 1.54) is 4.90 Å². The minimum atomic E-state index is -0.752. The Balaban J connectivity index is 2.01. The maximum absolute atomic E-state index is 12.3. The molecule has 1 aromatic rings. The molecular formula is C16H23N3O4. The highest BCUT2D eigenvalue weighted by atomic mass is 16.5. The zero-order valence-electron chi connectivity index (χ0n) is 13.7. The van der Waals surface area contributed by atoms with Crippen molar-refractivity contribution < 1.29 is 19.1 Å². The van der Waals surface area contributed by atoms with Crippen molar-refractivity contribution in [2.24, 2.45) is 5.73 Å². The molecule has 0 aliphatic carbocycles. The van der Waals surface area contributed by atoms with Crippen molar-refractivity contribution >= 4 is 17.6 Å². The van der Waals surface area contributed by atoms with Crippen molar-refractivity contribution in [2.45, 2.75) is 33.0 Å². The lowest BCUT2D eigenvalue weighted by Crippen LogP contribution is -2.51. The maximum Gasteiger partial charge on any atom is 0.322 e. The van der Waals surface area contributed by atoms with Gasteiger partial charge in [-0.1, -0.05) is 0 Å². The number of carbonyl (C=O) groups is 2. The van der Waals surface area contributed by atoms with E-state index in [1.807, 2.05) is 32.9 Å². The maximum atomic E-state index is 12.3. The van der Waals surface area contributed by atoms with Crippen LogP contribution in [0.15, 0.2) is 18.2 Å². The topological polar surface area (TPSA) is 93.9 Å². The zero-order valence-corrected chi connectivity index (χ0v) is 13.7. The van der Waals surface area contributed by atoms with E-state index >= 15 is 0 Å². The molecule has 3 amide bonds. The fourth-order valence-corrected chi connectivity index (χ4v) is 2.32. The molecule has 7 nitrogen and oxygen atoms in total. The first kappa shape index (κ1) is 17.1. The van der Waals surface area contributed by atoms with Gasteiger partial charge >= 0.3 is 6.03 Å². The number of amides is 3. The number of nitrogens with one attached hydrogen (secondary N) is 1. The van der Waals surface area contributed by atoms with Gasteiger partial charge in [0.05, 0.1) is 19.3 Å². The molecule has 1 aliphatic heterocycles. The Morgan fingerprint density at radius 2 is 2.17 bits per heavy atom. The lowest BCUT2D eigenvalue weighted by molar-refractivity contribution is -0.133. The molecular weight excluding hydrogens is 298 g/mol. The molecule has 23 heavy (non-hydrogen) atoms. The molecule has 1 atom stereocenters. The predicted molar refractivity (Wildman–Crippen MR) is 86.5 cm³/mol. The van der Waals surface area contributed by atoms with E-state index in [4.69, 9.17) is 15.2 Å². The smallest absolute Gasteiger partial charge is 0.322 e. The van der Waals surface area contributed by atoms with Crippen LogP contribution in [-0.4, -0.2) is 48.7 Å². The van der Waals surface area contributed by atoms with Crippen LogP contribution in [0.25, 0.3) is 0 Å². The molecule has 0 spiro atoms. The molecule has 1 fully saturated rings. The summed E-state index contributed by atoms with van der Waals surface area (Å²) in [5.74, 6) is 0.199. The Kier molecular flexibility index (Phi) is 5.44. The Labute approximate surface area is 135 Å². The lowest BCUT2D eigenvalue weighted by Gasteiger charge is -2.31. The van der Waals surface area contributed by atoms with Gasteiger partial charge in [-0.3, -0.25) is 4.79 Å². The number of aryl methyl sites for hydroxylation is 1. The van der Waals surface area contributed by atoms with Crippen molar-refractivity contribution in [3.63, 3.8) is 0 Å². The third kappa shape index (κ3) is 4.59. The van der Waals surface area contributed by atoms with Gasteiger partial charge in [0, 0.05) is 12.2 Å². The monoisotopic (exact) mass is 321 g/mol. The van der Waals surface area contributed by atoms with Gasteiger partial charge in [0.1, 0.15) is 5.75 Å². The van der Waals surface area contributed by atoms with E-state index < -0.39 is 12.0 Å². The minimum Gasteiger partial charge on any atom is -0.491 e. The number of nitrogens with zero attached hydrogens (tertiary/aromatic N) is 1. The number of morpholine rings is 1. The molecule has 1 heterocycles. The van der Waals surface area contributed by atoms with Crippen LogP contribution < -0.4 is 15.8 Å². The van der Waals surface area contributed by atoms with Crippen LogP contribution in [0.5, 0.6) is 5.75 Å². The van der Waals surface area contributed by atoms with Crippen LogP contribution in [0.2, 0.25) is 0 Å². The molecule has 2 rings (SSSR count). The zero-order chi connectivity index (χ0) is 17.0. The first-order valence-electron chi connectivity index (χ1n) is 7.61. The summed E-state index contributed by atoms with van der Waals surface area (Å²) in [5.41, 5.74) is 6.83. The number of hydrogen-bond acceptors (Lipinski definition) is 4. The number of carbonyl (C=O) groups excluding carboxylic acids is 2. The third-order valence-corrected chi connectivity index (χ3v) is 3.48. The average molecular weight is 321 g/mol. The summed E-state index contributed by atoms with van der Waals surface area (Å²) in [6, 6.07) is 5.21. The normalized spacial score (nSPS) is 17.9. The Hall–Kier alpha value is -2.28. The van der Waals surface area contributed by atoms with Crippen LogP contribution in [0.4, 0.5) is 10.5 Å². The van der Waals surface area contributed by atoms with E-state index in [9.17, 15) is 9.59 Å². The molecule has 1 aromatic carbocycles. The number of ether oxygens (including phenoxy) is 2. The molecule has 0 bridgehead atoms. The van der Waals surface area contributed by atoms with Gasteiger partial charge in [-0.05, 0) is 44.5 Å². The second-order valence-electron chi connectivity index (χ2n) is 5.78. The van der Waals surface area contributed by atoms with E-state index in [0.717, 1.165) is 11.3 Å². The van der Waals surface area contributed by atoms with Crippen LogP contribution in [-0.2, 0) is 9.53 Å². The quantitative estimate of drug-likeness (QED) is 0.879. The number of rotatable bonds is 4. The van der Waals surface area contributed by atoms with Gasteiger partial charge in [0.25, 0.3) is 0 Å². The number of hydrogen-bond donors (Lipinski definition) is 2. The summed E-state index contributed by atoms with van der Waals surface area (Å²) >= 11 is 0. The van der Waals surface area contributed by atoms with E-state index in [-0.39, 0.29) is 18.7 Å². The summed E-state index contributed by atoms with van der Waals surface area (Å²) < 4.78 is 10.9. The Morgan fingerprint density at radius 3 is 2.78 bits per heavy atom. The van der Waals surface area contributed by atoms with Gasteiger partial charge in [0.15, 0.2) is 6.10 Å². The summed E-state index contributed by atoms with van der Waals surface area (Å²) in [7, 11) is 0. The van der Waals surface area contributed by atoms with Gasteiger partial charge < -0.3 is 25.4 Å². The minimum absolute atomic E-state index is 0.0916. The van der Waals surface area contributed by atoms with E-state index in [0.29, 0.717) is 18.8 Å². The number of nitrogens with two attached hydrogens (primary N) is 1. The second-order valence-corrected chi connectivity index (χ2v) is 5.78. The molecule has 0 radical (unpaired) electrons. The molecule has 3 N–H and O–H groups in total. The number of anilines is 1. The first-order chi connectivity index (χ1) is 10.9. The highest BCUT2D eigenvalue weighted by Gasteiger charge is 2.27. The molecule has 126 valence electrons. The lowest BCUT2D eigenvalue weighted by atomic mass is 10.2. The van der Waals surface area contributed by atoms with Crippen molar-refractivity contribution in [1.29, 1.82) is 0 Å². The van der Waals surface area contributed by atoms with Crippen molar-refractivity contribution in [2.75, 3.05) is 25.0 Å². The molecule has 1 saturated heterocycles. The highest BCUT2D eigenvalue weighted by molar-refractivity contribution is 5.91. The predicted octanol–water partition coefficient (Wildman–Crippen LogP) is 1.50. The number of primary amides is 1. The summed E-state index contributed by atoms with van der Waals surface area (Å²) in [4.78, 5) is 25.0. The molecule has 1 unspecified atom stereocenters. The standard InChI is InChI=1S/C16H23N3O4/c1-10(2)23-12-4-5-13(11(3)8-12)18-16(21)19-6-7-22-14(9-19)15(17)20/h4-5,8,10,14H,6-7,9H2,1-3H3,(H2,17,20)(H,18,21).